The Hall–Kier alpha value is -2.42. The van der Waals surface area contributed by atoms with E-state index in [4.69, 9.17) is 27.9 Å². The van der Waals surface area contributed by atoms with Crippen LogP contribution < -0.4 is 9.64 Å². The number of ether oxygens (including phenoxy) is 1. The van der Waals surface area contributed by atoms with E-state index in [1.165, 1.54) is 30.0 Å². The van der Waals surface area contributed by atoms with Crippen molar-refractivity contribution in [3.63, 3.8) is 0 Å². The number of hydrogen-bond acceptors (Lipinski definition) is 5. The summed E-state index contributed by atoms with van der Waals surface area (Å²) in [5.41, 5.74) is -1.28. The van der Waals surface area contributed by atoms with Gasteiger partial charge in [-0.05, 0) is 31.2 Å². The van der Waals surface area contributed by atoms with E-state index in [0.717, 1.165) is 11.3 Å². The fourth-order valence-electron chi connectivity index (χ4n) is 3.00. The van der Waals surface area contributed by atoms with Gasteiger partial charge in [-0.2, -0.15) is 0 Å². The standard InChI is InChI=1S/C18H11Cl2FN2O4S/c1-18(7-12(24)25)16(26)23(10-4-2-3-9(21)15(10)27-18)17-22-14-11(28-17)6-5-8(19)13(14)20/h2-6H,7H2,1H3,(H,24,25). The van der Waals surface area contributed by atoms with Gasteiger partial charge in [-0.15, -0.1) is 0 Å². The summed E-state index contributed by atoms with van der Waals surface area (Å²) < 4.78 is 20.6. The smallest absolute Gasteiger partial charge is 0.307 e. The summed E-state index contributed by atoms with van der Waals surface area (Å²) in [6, 6.07) is 7.41. The maximum atomic E-state index is 14.4. The first-order valence-corrected chi connectivity index (χ1v) is 9.57. The molecule has 10 heteroatoms. The molecule has 1 unspecified atom stereocenters. The minimum atomic E-state index is -1.81. The second kappa shape index (κ2) is 6.58. The molecule has 0 saturated heterocycles. The molecule has 1 aliphatic heterocycles. The van der Waals surface area contributed by atoms with Crippen LogP contribution in [-0.4, -0.2) is 27.6 Å². The lowest BCUT2D eigenvalue weighted by molar-refractivity contribution is -0.148. The summed E-state index contributed by atoms with van der Waals surface area (Å²) in [4.78, 5) is 30.1. The lowest BCUT2D eigenvalue weighted by Crippen LogP contribution is -2.54. The maximum Gasteiger partial charge on any atom is 0.307 e. The van der Waals surface area contributed by atoms with Crippen molar-refractivity contribution in [3.8, 4) is 5.75 Å². The van der Waals surface area contributed by atoms with Crippen LogP contribution in [0.25, 0.3) is 10.2 Å². The number of aliphatic carboxylic acids is 1. The van der Waals surface area contributed by atoms with Gasteiger partial charge >= 0.3 is 5.97 Å². The number of aromatic nitrogens is 1. The number of nitrogens with zero attached hydrogens (tertiary/aromatic N) is 2. The predicted molar refractivity (Wildman–Crippen MR) is 104 cm³/mol. The molecule has 4 rings (SSSR count). The van der Waals surface area contributed by atoms with Gasteiger partial charge in [0.1, 0.15) is 5.52 Å². The van der Waals surface area contributed by atoms with Crippen LogP contribution in [0.15, 0.2) is 30.3 Å². The molecule has 1 amide bonds. The zero-order valence-electron chi connectivity index (χ0n) is 14.2. The maximum absolute atomic E-state index is 14.4. The molecule has 2 heterocycles. The Morgan fingerprint density at radius 2 is 2.11 bits per heavy atom. The van der Waals surface area contributed by atoms with Crippen LogP contribution in [0, 0.1) is 5.82 Å². The highest BCUT2D eigenvalue weighted by molar-refractivity contribution is 7.22. The van der Waals surface area contributed by atoms with E-state index in [2.05, 4.69) is 4.98 Å². The van der Waals surface area contributed by atoms with Crippen molar-refractivity contribution >= 4 is 67.5 Å². The second-order valence-corrected chi connectivity index (χ2v) is 8.13. The van der Waals surface area contributed by atoms with Crippen molar-refractivity contribution in [1.82, 2.24) is 4.98 Å². The Bertz CT molecular complexity index is 1150. The van der Waals surface area contributed by atoms with Gasteiger partial charge in [0, 0.05) is 0 Å². The second-order valence-electron chi connectivity index (χ2n) is 6.34. The van der Waals surface area contributed by atoms with E-state index in [1.807, 2.05) is 0 Å². The van der Waals surface area contributed by atoms with Crippen molar-refractivity contribution in [2.75, 3.05) is 4.90 Å². The molecule has 2 aromatic carbocycles. The highest BCUT2D eigenvalue weighted by atomic mass is 35.5. The minimum absolute atomic E-state index is 0.133. The largest absolute Gasteiger partial charge is 0.481 e. The Morgan fingerprint density at radius 1 is 1.36 bits per heavy atom. The number of rotatable bonds is 3. The molecule has 0 fully saturated rings. The molecule has 0 saturated carbocycles. The van der Waals surface area contributed by atoms with Crippen molar-refractivity contribution < 1.29 is 23.8 Å². The van der Waals surface area contributed by atoms with E-state index in [-0.39, 0.29) is 21.6 Å². The van der Waals surface area contributed by atoms with Crippen molar-refractivity contribution in [3.05, 3.63) is 46.2 Å². The SMILES string of the molecule is CC1(CC(=O)O)Oc2c(F)cccc2N(c2nc3c(Cl)c(Cl)ccc3s2)C1=O. The molecule has 0 bridgehead atoms. The number of fused-ring (bicyclic) bond motifs is 2. The van der Waals surface area contributed by atoms with Gasteiger partial charge in [0.25, 0.3) is 5.91 Å². The number of carbonyl (C=O) groups excluding carboxylic acids is 1. The van der Waals surface area contributed by atoms with Crippen LogP contribution in [0.3, 0.4) is 0 Å². The van der Waals surface area contributed by atoms with Crippen LogP contribution in [0.5, 0.6) is 5.75 Å². The summed E-state index contributed by atoms with van der Waals surface area (Å²) in [5.74, 6) is -2.85. The number of carboxylic acids is 1. The quantitative estimate of drug-likeness (QED) is 0.617. The van der Waals surface area contributed by atoms with Crippen LogP contribution in [0.1, 0.15) is 13.3 Å². The number of hydrogen-bond donors (Lipinski definition) is 1. The molecule has 1 atom stereocenters. The molecule has 0 radical (unpaired) electrons. The zero-order chi connectivity index (χ0) is 20.2. The minimum Gasteiger partial charge on any atom is -0.481 e. The normalized spacial score (nSPS) is 18.9. The van der Waals surface area contributed by atoms with Gasteiger partial charge in [-0.1, -0.05) is 40.6 Å². The number of thiazole rings is 1. The zero-order valence-corrected chi connectivity index (χ0v) is 16.5. The third kappa shape index (κ3) is 2.88. The average molecular weight is 441 g/mol. The highest BCUT2D eigenvalue weighted by Gasteiger charge is 2.48. The van der Waals surface area contributed by atoms with Crippen LogP contribution >= 0.6 is 34.5 Å². The number of benzene rings is 2. The molecule has 0 spiro atoms. The van der Waals surface area contributed by atoms with Gasteiger partial charge < -0.3 is 9.84 Å². The molecule has 3 aromatic rings. The molecular weight excluding hydrogens is 430 g/mol. The summed E-state index contributed by atoms with van der Waals surface area (Å²) in [6.07, 6.45) is -0.645. The summed E-state index contributed by atoms with van der Waals surface area (Å²) >= 11 is 13.4. The van der Waals surface area contributed by atoms with Crippen molar-refractivity contribution in [2.45, 2.75) is 18.9 Å². The van der Waals surface area contributed by atoms with Gasteiger partial charge in [-0.25, -0.2) is 14.3 Å². The molecule has 1 aliphatic rings. The molecule has 144 valence electrons. The number of para-hydroxylation sites is 1. The third-order valence-corrected chi connectivity index (χ3v) is 6.09. The Balaban J connectivity index is 1.94. The van der Waals surface area contributed by atoms with Crippen LogP contribution in [-0.2, 0) is 9.59 Å². The molecule has 0 aliphatic carbocycles. The lowest BCUT2D eigenvalue weighted by Gasteiger charge is -2.38. The van der Waals surface area contributed by atoms with Crippen molar-refractivity contribution in [1.29, 1.82) is 0 Å². The number of anilines is 2. The Labute approximate surface area is 172 Å². The number of amides is 1. The molecular formula is C18H11Cl2FN2O4S. The van der Waals surface area contributed by atoms with Gasteiger partial charge in [-0.3, -0.25) is 9.59 Å². The topological polar surface area (TPSA) is 79.7 Å². The van der Waals surface area contributed by atoms with E-state index in [1.54, 1.807) is 12.1 Å². The van der Waals surface area contributed by atoms with Crippen molar-refractivity contribution in [2.24, 2.45) is 0 Å². The fraction of sp³-hybridized carbons (Fsp3) is 0.167. The summed E-state index contributed by atoms with van der Waals surface area (Å²) in [7, 11) is 0. The molecule has 28 heavy (non-hydrogen) atoms. The van der Waals surface area contributed by atoms with Gasteiger partial charge in [0.05, 0.1) is 26.9 Å². The van der Waals surface area contributed by atoms with E-state index in [0.29, 0.717) is 15.2 Å². The summed E-state index contributed by atoms with van der Waals surface area (Å²) in [5, 5.41) is 9.96. The Morgan fingerprint density at radius 3 is 2.82 bits per heavy atom. The Kier molecular flexibility index (Phi) is 4.45. The predicted octanol–water partition coefficient (Wildman–Crippen LogP) is 5.03. The summed E-state index contributed by atoms with van der Waals surface area (Å²) in [6.45, 7) is 1.31. The van der Waals surface area contributed by atoms with E-state index < -0.39 is 29.7 Å². The van der Waals surface area contributed by atoms with Crippen LogP contribution in [0.4, 0.5) is 15.2 Å². The highest BCUT2D eigenvalue weighted by Crippen LogP contribution is 2.47. The third-order valence-electron chi connectivity index (χ3n) is 4.29. The van der Waals surface area contributed by atoms with Gasteiger partial charge in [0.2, 0.25) is 0 Å². The number of carboxylic acid groups (broad SMARTS) is 1. The first-order valence-electron chi connectivity index (χ1n) is 8.00. The average Bonchev–Trinajstić information content (AvgIpc) is 3.04. The monoisotopic (exact) mass is 440 g/mol. The van der Waals surface area contributed by atoms with E-state index >= 15 is 0 Å². The van der Waals surface area contributed by atoms with E-state index in [9.17, 15) is 19.1 Å². The fourth-order valence-corrected chi connectivity index (χ4v) is 4.40. The molecule has 1 N–H and O–H groups in total. The van der Waals surface area contributed by atoms with Gasteiger partial charge in [0.15, 0.2) is 22.3 Å². The first-order chi connectivity index (χ1) is 13.2. The number of halogens is 3. The first kappa shape index (κ1) is 18.9. The molecule has 1 aromatic heterocycles. The molecule has 6 nitrogen and oxygen atoms in total. The number of carbonyl (C=O) groups is 2. The van der Waals surface area contributed by atoms with Crippen LogP contribution in [0.2, 0.25) is 10.0 Å². The lowest BCUT2D eigenvalue weighted by atomic mass is 9.97.